The van der Waals surface area contributed by atoms with Gasteiger partial charge in [-0.1, -0.05) is 111 Å². The summed E-state index contributed by atoms with van der Waals surface area (Å²) in [5.41, 5.74) is 9.74. The molecule has 0 amide bonds. The first-order valence-corrected chi connectivity index (χ1v) is 17.2. The first-order chi connectivity index (χ1) is 22.5. The van der Waals surface area contributed by atoms with E-state index in [1.807, 2.05) is 50.3 Å². The number of allylic oxidation sites excluding steroid dienone is 18. The Labute approximate surface area is 290 Å². The lowest BCUT2D eigenvalue weighted by Gasteiger charge is -2.33. The van der Waals surface area contributed by atoms with Gasteiger partial charge in [-0.05, 0) is 113 Å². The van der Waals surface area contributed by atoms with Gasteiger partial charge in [-0.2, -0.15) is 0 Å². The Morgan fingerprint density at radius 1 is 0.604 bits per heavy atom. The Kier molecular flexibility index (Phi) is 16.0. The van der Waals surface area contributed by atoms with Crippen LogP contribution in [0, 0.1) is 10.8 Å². The Morgan fingerprint density at radius 3 is 1.33 bits per heavy atom. The van der Waals surface area contributed by atoms with Crippen LogP contribution in [0.3, 0.4) is 0 Å². The fraction of sp³-hybridized carbons (Fsp3) is 0.465. The number of carbonyl (C=O) groups excluding carboxylic acids is 3. The van der Waals surface area contributed by atoms with Gasteiger partial charge in [0.2, 0.25) is 5.78 Å². The Bertz CT molecular complexity index is 1390. The van der Waals surface area contributed by atoms with Gasteiger partial charge in [-0.15, -0.1) is 0 Å². The first-order valence-electron chi connectivity index (χ1n) is 17.2. The molecule has 0 fully saturated rings. The SMILES string of the molecule is CC1=C(/C=C/C(C)=C\C=C\C(C)=C/C(=O)OCC(=O)COC(=O)\C=C(C)/C=C/C=C(C)\C=C\C2=C(C)CCCC2(C)C)C(C)(C)CCC1. The maximum Gasteiger partial charge on any atom is 0.331 e. The van der Waals surface area contributed by atoms with E-state index in [4.69, 9.17) is 9.47 Å². The molecule has 5 heteroatoms. The van der Waals surface area contributed by atoms with Crippen LogP contribution in [0.25, 0.3) is 0 Å². The van der Waals surface area contributed by atoms with Crippen molar-refractivity contribution in [3.63, 3.8) is 0 Å². The fourth-order valence-corrected chi connectivity index (χ4v) is 6.16. The van der Waals surface area contributed by atoms with Crippen LogP contribution in [0.2, 0.25) is 0 Å². The van der Waals surface area contributed by atoms with Gasteiger partial charge in [0.05, 0.1) is 0 Å². The van der Waals surface area contributed by atoms with Crippen molar-refractivity contribution in [1.29, 1.82) is 0 Å². The molecule has 0 saturated heterocycles. The monoisotopic (exact) mass is 654 g/mol. The van der Waals surface area contributed by atoms with E-state index in [0.29, 0.717) is 11.1 Å². The normalized spacial score (nSPS) is 19.7. The highest BCUT2D eigenvalue weighted by Crippen LogP contribution is 2.41. The summed E-state index contributed by atoms with van der Waals surface area (Å²) in [6.07, 6.45) is 29.9. The minimum atomic E-state index is -0.632. The van der Waals surface area contributed by atoms with E-state index in [1.165, 1.54) is 60.1 Å². The molecule has 0 unspecified atom stereocenters. The predicted molar refractivity (Wildman–Crippen MR) is 199 cm³/mol. The largest absolute Gasteiger partial charge is 0.454 e. The lowest BCUT2D eigenvalue weighted by molar-refractivity contribution is -0.148. The van der Waals surface area contributed by atoms with E-state index in [9.17, 15) is 14.4 Å². The number of hydrogen-bond acceptors (Lipinski definition) is 5. The van der Waals surface area contributed by atoms with Crippen molar-refractivity contribution in [2.24, 2.45) is 10.8 Å². The summed E-state index contributed by atoms with van der Waals surface area (Å²) in [4.78, 5) is 36.5. The number of hydrogen-bond donors (Lipinski definition) is 0. The predicted octanol–water partition coefficient (Wildman–Crippen LogP) is 10.7. The van der Waals surface area contributed by atoms with E-state index in [0.717, 1.165) is 24.0 Å². The van der Waals surface area contributed by atoms with Gasteiger partial charge in [0.1, 0.15) is 0 Å². The molecule has 0 aromatic heterocycles. The first kappa shape index (κ1) is 40.2. The number of rotatable bonds is 14. The molecule has 0 spiro atoms. The van der Waals surface area contributed by atoms with Crippen molar-refractivity contribution in [2.75, 3.05) is 13.2 Å². The van der Waals surface area contributed by atoms with E-state index in [1.54, 1.807) is 13.8 Å². The molecule has 0 heterocycles. The van der Waals surface area contributed by atoms with Gasteiger partial charge in [0.15, 0.2) is 13.2 Å². The molecule has 2 aliphatic carbocycles. The van der Waals surface area contributed by atoms with Gasteiger partial charge in [-0.25, -0.2) is 9.59 Å². The van der Waals surface area contributed by atoms with Crippen LogP contribution in [0.4, 0.5) is 0 Å². The van der Waals surface area contributed by atoms with Crippen molar-refractivity contribution in [3.8, 4) is 0 Å². The molecule has 0 atom stereocenters. The summed E-state index contributed by atoms with van der Waals surface area (Å²) in [6.45, 7) is 20.4. The molecule has 2 rings (SSSR count). The third kappa shape index (κ3) is 14.4. The minimum Gasteiger partial charge on any atom is -0.454 e. The van der Waals surface area contributed by atoms with E-state index in [-0.39, 0.29) is 10.8 Å². The Morgan fingerprint density at radius 2 is 0.979 bits per heavy atom. The number of Topliss-reactive ketones (excluding diaryl/α,β-unsaturated/α-hetero) is 1. The zero-order valence-corrected chi connectivity index (χ0v) is 31.1. The zero-order valence-electron chi connectivity index (χ0n) is 31.1. The average Bonchev–Trinajstić information content (AvgIpc) is 2.97. The molecular formula is C43H58O5. The number of esters is 2. The third-order valence-electron chi connectivity index (χ3n) is 8.99. The molecule has 0 radical (unpaired) electrons. The second kappa shape index (κ2) is 19.1. The molecule has 0 bridgehead atoms. The average molecular weight is 655 g/mol. The van der Waals surface area contributed by atoms with Gasteiger partial charge < -0.3 is 9.47 Å². The van der Waals surface area contributed by atoms with E-state index in [2.05, 4.69) is 65.8 Å². The van der Waals surface area contributed by atoms with Crippen molar-refractivity contribution >= 4 is 17.7 Å². The maximum atomic E-state index is 12.2. The second-order valence-corrected chi connectivity index (χ2v) is 14.6. The molecule has 48 heavy (non-hydrogen) atoms. The molecular weight excluding hydrogens is 596 g/mol. The number of ether oxygens (including phenoxy) is 2. The van der Waals surface area contributed by atoms with Crippen LogP contribution in [-0.4, -0.2) is 30.9 Å². The third-order valence-corrected chi connectivity index (χ3v) is 8.99. The van der Waals surface area contributed by atoms with Crippen LogP contribution in [0.5, 0.6) is 0 Å². The number of carbonyl (C=O) groups is 3. The van der Waals surface area contributed by atoms with Gasteiger partial charge >= 0.3 is 11.9 Å². The lowest BCUT2D eigenvalue weighted by atomic mass is 9.72. The molecule has 0 N–H and O–H groups in total. The van der Waals surface area contributed by atoms with Gasteiger partial charge in [-0.3, -0.25) is 4.79 Å². The maximum absolute atomic E-state index is 12.2. The zero-order chi connectivity index (χ0) is 35.9. The fourth-order valence-electron chi connectivity index (χ4n) is 6.16. The summed E-state index contributed by atoms with van der Waals surface area (Å²) in [5, 5.41) is 0. The molecule has 0 aliphatic heterocycles. The Hall–Kier alpha value is -3.99. The summed E-state index contributed by atoms with van der Waals surface area (Å²) < 4.78 is 10.1. The van der Waals surface area contributed by atoms with Crippen molar-refractivity contribution < 1.29 is 23.9 Å². The molecule has 0 saturated carbocycles. The highest BCUT2D eigenvalue weighted by molar-refractivity contribution is 5.90. The standard InChI is InChI=1S/C43H58O5/c1-31(21-23-38-35(5)19-13-25-42(38,7)8)15-11-17-33(3)27-40(45)47-29-37(44)30-48-41(46)28-34(4)18-12-16-32(2)22-24-39-36(6)20-14-26-43(39,9)10/h11-12,15-18,21-24,27-28H,13-14,19-20,25-26,29-30H2,1-10H3/b17-11+,18-12+,23-21+,24-22+,31-15-,32-16-,33-27-,34-28-. The van der Waals surface area contributed by atoms with Crippen LogP contribution in [0.1, 0.15) is 108 Å². The van der Waals surface area contributed by atoms with E-state index < -0.39 is 30.9 Å². The lowest BCUT2D eigenvalue weighted by Crippen LogP contribution is -2.19. The van der Waals surface area contributed by atoms with Crippen molar-refractivity contribution in [1.82, 2.24) is 0 Å². The number of ketones is 1. The molecule has 2 aliphatic rings. The topological polar surface area (TPSA) is 69.7 Å². The highest BCUT2D eigenvalue weighted by Gasteiger charge is 2.27. The summed E-state index contributed by atoms with van der Waals surface area (Å²) in [6, 6.07) is 0. The minimum absolute atomic E-state index is 0.199. The molecule has 5 nitrogen and oxygen atoms in total. The van der Waals surface area contributed by atoms with E-state index >= 15 is 0 Å². The van der Waals surface area contributed by atoms with Crippen LogP contribution in [0.15, 0.2) is 117 Å². The molecule has 0 aromatic rings. The summed E-state index contributed by atoms with van der Waals surface area (Å²) in [5.74, 6) is -1.77. The highest BCUT2D eigenvalue weighted by atomic mass is 16.6. The summed E-state index contributed by atoms with van der Waals surface area (Å²) >= 11 is 0. The van der Waals surface area contributed by atoms with Gasteiger partial charge in [0, 0.05) is 12.2 Å². The van der Waals surface area contributed by atoms with Crippen molar-refractivity contribution in [2.45, 2.75) is 108 Å². The van der Waals surface area contributed by atoms with Crippen LogP contribution < -0.4 is 0 Å². The quantitative estimate of drug-likeness (QED) is 0.106. The Balaban J connectivity index is 1.77. The van der Waals surface area contributed by atoms with Crippen LogP contribution >= 0.6 is 0 Å². The van der Waals surface area contributed by atoms with Crippen LogP contribution in [-0.2, 0) is 23.9 Å². The molecule has 0 aromatic carbocycles. The smallest absolute Gasteiger partial charge is 0.331 e. The van der Waals surface area contributed by atoms with Gasteiger partial charge in [0.25, 0.3) is 0 Å². The molecule has 260 valence electrons. The summed E-state index contributed by atoms with van der Waals surface area (Å²) in [7, 11) is 0. The van der Waals surface area contributed by atoms with Crippen molar-refractivity contribution in [3.05, 3.63) is 117 Å². The second-order valence-electron chi connectivity index (χ2n) is 14.6.